The first kappa shape index (κ1) is 15.5. The maximum atomic E-state index is 13.7. The lowest BCUT2D eigenvalue weighted by Crippen LogP contribution is -2.19. The number of nitrogens with one attached hydrogen (secondary N) is 1. The van der Waals surface area contributed by atoms with E-state index < -0.39 is 0 Å². The fourth-order valence-corrected chi connectivity index (χ4v) is 2.40. The zero-order valence-electron chi connectivity index (χ0n) is 12.6. The molecule has 3 heteroatoms. The Morgan fingerprint density at radius 1 is 1.05 bits per heavy atom. The standard InChI is InChI=1S/C18H22FNO/c1-14(13-16-8-3-5-9-17(16)19)20-18-10-6-4-7-15(18)11-12-21-2/h3-10,14,20H,11-13H2,1-2H3. The Kier molecular flexibility index (Phi) is 5.76. The van der Waals surface area contributed by atoms with Gasteiger partial charge in [0.25, 0.3) is 0 Å². The van der Waals surface area contributed by atoms with E-state index in [1.165, 1.54) is 11.6 Å². The van der Waals surface area contributed by atoms with Crippen molar-refractivity contribution < 1.29 is 9.13 Å². The number of ether oxygens (including phenoxy) is 1. The fourth-order valence-electron chi connectivity index (χ4n) is 2.40. The van der Waals surface area contributed by atoms with Gasteiger partial charge in [0.05, 0.1) is 6.61 Å². The molecule has 0 heterocycles. The number of hydrogen-bond donors (Lipinski definition) is 1. The summed E-state index contributed by atoms with van der Waals surface area (Å²) in [6.07, 6.45) is 1.53. The first-order valence-corrected chi connectivity index (χ1v) is 7.27. The Hall–Kier alpha value is -1.87. The van der Waals surface area contributed by atoms with E-state index in [0.717, 1.165) is 17.7 Å². The summed E-state index contributed by atoms with van der Waals surface area (Å²) in [5.41, 5.74) is 3.06. The number of anilines is 1. The van der Waals surface area contributed by atoms with Crippen LogP contribution in [-0.2, 0) is 17.6 Å². The van der Waals surface area contributed by atoms with Crippen LogP contribution in [0.3, 0.4) is 0 Å². The van der Waals surface area contributed by atoms with Crippen LogP contribution >= 0.6 is 0 Å². The summed E-state index contributed by atoms with van der Waals surface area (Å²) in [5, 5.41) is 3.47. The Morgan fingerprint density at radius 3 is 2.43 bits per heavy atom. The van der Waals surface area contributed by atoms with Crippen molar-refractivity contribution >= 4 is 5.69 Å². The molecule has 112 valence electrons. The predicted molar refractivity (Wildman–Crippen MR) is 85.2 cm³/mol. The normalized spacial score (nSPS) is 12.1. The van der Waals surface area contributed by atoms with Gasteiger partial charge in [-0.05, 0) is 43.0 Å². The van der Waals surface area contributed by atoms with Gasteiger partial charge in [-0.2, -0.15) is 0 Å². The third-order valence-corrected chi connectivity index (χ3v) is 3.48. The van der Waals surface area contributed by atoms with E-state index >= 15 is 0 Å². The van der Waals surface area contributed by atoms with Gasteiger partial charge in [-0.15, -0.1) is 0 Å². The van der Waals surface area contributed by atoms with Gasteiger partial charge >= 0.3 is 0 Å². The molecule has 1 atom stereocenters. The minimum absolute atomic E-state index is 0.140. The molecule has 0 bridgehead atoms. The lowest BCUT2D eigenvalue weighted by atomic mass is 10.0. The summed E-state index contributed by atoms with van der Waals surface area (Å²) in [4.78, 5) is 0. The summed E-state index contributed by atoms with van der Waals surface area (Å²) in [7, 11) is 1.71. The molecule has 21 heavy (non-hydrogen) atoms. The first-order valence-electron chi connectivity index (χ1n) is 7.27. The molecule has 0 amide bonds. The molecule has 0 aliphatic carbocycles. The van der Waals surface area contributed by atoms with Crippen molar-refractivity contribution in [1.82, 2.24) is 0 Å². The van der Waals surface area contributed by atoms with Crippen molar-refractivity contribution in [3.8, 4) is 0 Å². The van der Waals surface area contributed by atoms with E-state index in [-0.39, 0.29) is 11.9 Å². The summed E-state index contributed by atoms with van der Waals surface area (Å²) < 4.78 is 18.8. The maximum absolute atomic E-state index is 13.7. The number of rotatable bonds is 7. The van der Waals surface area contributed by atoms with Gasteiger partial charge in [-0.3, -0.25) is 0 Å². The monoisotopic (exact) mass is 287 g/mol. The molecular weight excluding hydrogens is 265 g/mol. The van der Waals surface area contributed by atoms with Crippen LogP contribution in [0.2, 0.25) is 0 Å². The third-order valence-electron chi connectivity index (χ3n) is 3.48. The molecule has 0 aliphatic heterocycles. The molecule has 0 fully saturated rings. The second-order valence-corrected chi connectivity index (χ2v) is 5.24. The highest BCUT2D eigenvalue weighted by molar-refractivity contribution is 5.52. The largest absolute Gasteiger partial charge is 0.384 e. The van der Waals surface area contributed by atoms with Crippen molar-refractivity contribution in [2.75, 3.05) is 19.0 Å². The van der Waals surface area contributed by atoms with Crippen molar-refractivity contribution in [3.05, 3.63) is 65.5 Å². The second-order valence-electron chi connectivity index (χ2n) is 5.24. The highest BCUT2D eigenvalue weighted by Crippen LogP contribution is 2.18. The van der Waals surface area contributed by atoms with Gasteiger partial charge in [0.2, 0.25) is 0 Å². The minimum Gasteiger partial charge on any atom is -0.384 e. The molecule has 2 nitrogen and oxygen atoms in total. The van der Waals surface area contributed by atoms with Gasteiger partial charge in [0.1, 0.15) is 5.82 Å². The van der Waals surface area contributed by atoms with Gasteiger partial charge in [-0.25, -0.2) is 4.39 Å². The van der Waals surface area contributed by atoms with Crippen LogP contribution in [0.4, 0.5) is 10.1 Å². The van der Waals surface area contributed by atoms with E-state index in [1.807, 2.05) is 24.3 Å². The van der Waals surface area contributed by atoms with E-state index in [1.54, 1.807) is 13.2 Å². The Labute approximate surface area is 126 Å². The van der Waals surface area contributed by atoms with E-state index in [4.69, 9.17) is 4.74 Å². The van der Waals surface area contributed by atoms with Crippen LogP contribution < -0.4 is 5.32 Å². The topological polar surface area (TPSA) is 21.3 Å². The van der Waals surface area contributed by atoms with Crippen LogP contribution in [0.15, 0.2) is 48.5 Å². The highest BCUT2D eigenvalue weighted by atomic mass is 19.1. The molecule has 0 saturated carbocycles. The quantitative estimate of drug-likeness (QED) is 0.829. The zero-order chi connectivity index (χ0) is 15.1. The molecule has 1 N–H and O–H groups in total. The van der Waals surface area contributed by atoms with Gasteiger partial charge in [-0.1, -0.05) is 36.4 Å². The summed E-state index contributed by atoms with van der Waals surface area (Å²) in [5.74, 6) is -0.140. The number of benzene rings is 2. The van der Waals surface area contributed by atoms with E-state index in [2.05, 4.69) is 24.4 Å². The molecule has 0 aliphatic rings. The van der Waals surface area contributed by atoms with Crippen molar-refractivity contribution in [1.29, 1.82) is 0 Å². The van der Waals surface area contributed by atoms with Crippen molar-refractivity contribution in [2.24, 2.45) is 0 Å². The SMILES string of the molecule is COCCc1ccccc1NC(C)Cc1ccccc1F. The summed E-state index contributed by atoms with van der Waals surface area (Å²) in [6, 6.07) is 15.3. The van der Waals surface area contributed by atoms with Gasteiger partial charge in [0.15, 0.2) is 0 Å². The smallest absolute Gasteiger partial charge is 0.126 e. The first-order chi connectivity index (χ1) is 10.2. The summed E-state index contributed by atoms with van der Waals surface area (Å²) >= 11 is 0. The minimum atomic E-state index is -0.140. The number of para-hydroxylation sites is 1. The molecule has 0 aromatic heterocycles. The average molecular weight is 287 g/mol. The molecule has 0 radical (unpaired) electrons. The van der Waals surface area contributed by atoms with Crippen LogP contribution in [0.25, 0.3) is 0 Å². The number of hydrogen-bond acceptors (Lipinski definition) is 2. The van der Waals surface area contributed by atoms with Gasteiger partial charge in [0, 0.05) is 18.8 Å². The molecule has 0 saturated heterocycles. The van der Waals surface area contributed by atoms with Crippen LogP contribution in [0.1, 0.15) is 18.1 Å². The van der Waals surface area contributed by atoms with Crippen LogP contribution in [0, 0.1) is 5.82 Å². The lowest BCUT2D eigenvalue weighted by molar-refractivity contribution is 0.202. The Bertz CT molecular complexity index is 571. The lowest BCUT2D eigenvalue weighted by Gasteiger charge is -2.18. The Balaban J connectivity index is 2.02. The highest BCUT2D eigenvalue weighted by Gasteiger charge is 2.09. The van der Waals surface area contributed by atoms with Crippen molar-refractivity contribution in [2.45, 2.75) is 25.8 Å². The second kappa shape index (κ2) is 7.79. The Morgan fingerprint density at radius 2 is 1.71 bits per heavy atom. The van der Waals surface area contributed by atoms with Gasteiger partial charge < -0.3 is 10.1 Å². The molecule has 2 aromatic carbocycles. The molecular formula is C18H22FNO. The maximum Gasteiger partial charge on any atom is 0.126 e. The van der Waals surface area contributed by atoms with E-state index in [9.17, 15) is 4.39 Å². The van der Waals surface area contributed by atoms with E-state index in [0.29, 0.717) is 13.0 Å². The molecule has 2 aromatic rings. The summed E-state index contributed by atoms with van der Waals surface area (Å²) in [6.45, 7) is 2.76. The molecule has 2 rings (SSSR count). The third kappa shape index (κ3) is 4.57. The van der Waals surface area contributed by atoms with Crippen molar-refractivity contribution in [3.63, 3.8) is 0 Å². The molecule has 0 spiro atoms. The average Bonchev–Trinajstić information content (AvgIpc) is 2.49. The number of halogens is 1. The zero-order valence-corrected chi connectivity index (χ0v) is 12.6. The number of methoxy groups -OCH3 is 1. The molecule has 1 unspecified atom stereocenters. The van der Waals surface area contributed by atoms with Crippen LogP contribution in [0.5, 0.6) is 0 Å². The predicted octanol–water partition coefficient (Wildman–Crippen LogP) is 4.06. The van der Waals surface area contributed by atoms with Crippen LogP contribution in [-0.4, -0.2) is 19.8 Å². The fraction of sp³-hybridized carbons (Fsp3) is 0.333.